The molecule has 1 heterocycles. The molecule has 5 heteroatoms. The molecule has 4 nitrogen and oxygen atoms in total. The van der Waals surface area contributed by atoms with Gasteiger partial charge in [-0.2, -0.15) is 0 Å². The van der Waals surface area contributed by atoms with E-state index in [4.69, 9.17) is 4.74 Å². The lowest BCUT2D eigenvalue weighted by Gasteiger charge is -2.23. The fourth-order valence-electron chi connectivity index (χ4n) is 2.65. The van der Waals surface area contributed by atoms with Crippen molar-refractivity contribution >= 4 is 28.2 Å². The van der Waals surface area contributed by atoms with Crippen LogP contribution >= 0.6 is 11.3 Å². The number of nitrogens with one attached hydrogen (secondary N) is 1. The largest absolute Gasteiger partial charge is 0.462 e. The quantitative estimate of drug-likeness (QED) is 0.691. The molecule has 0 aliphatic rings. The van der Waals surface area contributed by atoms with Gasteiger partial charge in [-0.15, -0.1) is 11.3 Å². The molecule has 0 saturated heterocycles. The van der Waals surface area contributed by atoms with Crippen molar-refractivity contribution in [3.8, 4) is 0 Å². The Morgan fingerprint density at radius 2 is 1.68 bits per heavy atom. The summed E-state index contributed by atoms with van der Waals surface area (Å²) in [4.78, 5) is 25.9. The Hall–Kier alpha value is -1.36. The van der Waals surface area contributed by atoms with Gasteiger partial charge in [0.25, 0.3) is 0 Å². The maximum absolute atomic E-state index is 12.6. The van der Waals surface area contributed by atoms with Gasteiger partial charge < -0.3 is 10.1 Å². The third kappa shape index (κ3) is 6.46. The molecule has 1 atom stereocenters. The summed E-state index contributed by atoms with van der Waals surface area (Å²) in [6.07, 6.45) is 0.982. The van der Waals surface area contributed by atoms with Gasteiger partial charge in [0.05, 0.1) is 12.2 Å². The first kappa shape index (κ1) is 21.7. The first-order valence-electron chi connectivity index (χ1n) is 8.81. The fourth-order valence-corrected chi connectivity index (χ4v) is 3.69. The lowest BCUT2D eigenvalue weighted by Crippen LogP contribution is -2.28. The minimum Gasteiger partial charge on any atom is -0.462 e. The van der Waals surface area contributed by atoms with Gasteiger partial charge in [0, 0.05) is 10.3 Å². The SMILES string of the molecule is Cc1sc(NC(=O)C(C)(C)C)c(C(=O)OCC(C)CC(C)(C)C)c1C. The Labute approximate surface area is 156 Å². The number of carbonyl (C=O) groups excluding carboxylic acids is 2. The van der Waals surface area contributed by atoms with E-state index in [2.05, 4.69) is 33.0 Å². The van der Waals surface area contributed by atoms with Gasteiger partial charge >= 0.3 is 5.97 Å². The highest BCUT2D eigenvalue weighted by molar-refractivity contribution is 7.16. The molecule has 1 aromatic rings. The van der Waals surface area contributed by atoms with Gasteiger partial charge in [-0.05, 0) is 37.2 Å². The summed E-state index contributed by atoms with van der Waals surface area (Å²) in [5.74, 6) is -0.174. The summed E-state index contributed by atoms with van der Waals surface area (Å²) in [5, 5.41) is 3.48. The fraction of sp³-hybridized carbons (Fsp3) is 0.700. The molecule has 0 aliphatic carbocycles. The van der Waals surface area contributed by atoms with Crippen LogP contribution in [0.3, 0.4) is 0 Å². The van der Waals surface area contributed by atoms with E-state index in [9.17, 15) is 9.59 Å². The maximum Gasteiger partial charge on any atom is 0.341 e. The molecule has 1 aromatic heterocycles. The third-order valence-electron chi connectivity index (χ3n) is 3.96. The Bertz CT molecular complexity index is 633. The van der Waals surface area contributed by atoms with Crippen molar-refractivity contribution in [2.75, 3.05) is 11.9 Å². The van der Waals surface area contributed by atoms with Crippen LogP contribution in [-0.2, 0) is 9.53 Å². The highest BCUT2D eigenvalue weighted by atomic mass is 32.1. The van der Waals surface area contributed by atoms with Gasteiger partial charge in [-0.1, -0.05) is 48.5 Å². The Morgan fingerprint density at radius 3 is 2.16 bits per heavy atom. The standard InChI is InChI=1S/C20H33NO3S/c1-12(10-19(4,5)6)11-24-17(22)15-13(2)14(3)25-16(15)21-18(23)20(7,8)9/h12H,10-11H2,1-9H3,(H,21,23). The summed E-state index contributed by atoms with van der Waals surface area (Å²) < 4.78 is 5.55. The number of aryl methyl sites for hydroxylation is 1. The zero-order chi connectivity index (χ0) is 19.6. The predicted molar refractivity (Wildman–Crippen MR) is 105 cm³/mol. The summed E-state index contributed by atoms with van der Waals surface area (Å²) >= 11 is 1.43. The van der Waals surface area contributed by atoms with Crippen LogP contribution in [0.2, 0.25) is 0 Å². The van der Waals surface area contributed by atoms with Crippen LogP contribution in [0.1, 0.15) is 75.7 Å². The van der Waals surface area contributed by atoms with E-state index in [0.29, 0.717) is 17.2 Å². The van der Waals surface area contributed by atoms with Crippen LogP contribution in [0, 0.1) is 30.6 Å². The molecule has 1 unspecified atom stereocenters. The maximum atomic E-state index is 12.6. The van der Waals surface area contributed by atoms with Crippen molar-refractivity contribution in [3.05, 3.63) is 16.0 Å². The smallest absolute Gasteiger partial charge is 0.341 e. The third-order valence-corrected chi connectivity index (χ3v) is 5.08. The second kappa shape index (κ2) is 7.90. The predicted octanol–water partition coefficient (Wildman–Crippen LogP) is 5.58. The highest BCUT2D eigenvalue weighted by Gasteiger charge is 2.27. The Morgan fingerprint density at radius 1 is 1.12 bits per heavy atom. The van der Waals surface area contributed by atoms with Crippen LogP contribution in [0.4, 0.5) is 5.00 Å². The lowest BCUT2D eigenvalue weighted by molar-refractivity contribution is -0.123. The first-order valence-corrected chi connectivity index (χ1v) is 9.62. The molecule has 25 heavy (non-hydrogen) atoms. The van der Waals surface area contributed by atoms with Crippen LogP contribution < -0.4 is 5.32 Å². The topological polar surface area (TPSA) is 55.4 Å². The van der Waals surface area contributed by atoms with Crippen molar-refractivity contribution in [3.63, 3.8) is 0 Å². The molecule has 1 N–H and O–H groups in total. The number of esters is 1. The van der Waals surface area contributed by atoms with Crippen LogP contribution in [0.15, 0.2) is 0 Å². The second-order valence-corrected chi connectivity index (χ2v) is 10.4. The molecule has 142 valence electrons. The summed E-state index contributed by atoms with van der Waals surface area (Å²) in [5.41, 5.74) is 1.05. The minimum absolute atomic E-state index is 0.107. The molecule has 1 amide bonds. The zero-order valence-corrected chi connectivity index (χ0v) is 17.9. The van der Waals surface area contributed by atoms with E-state index in [1.54, 1.807) is 0 Å². The number of thiophene rings is 1. The second-order valence-electron chi connectivity index (χ2n) is 9.16. The molecular formula is C20H33NO3S. The lowest BCUT2D eigenvalue weighted by atomic mass is 9.86. The molecule has 0 aliphatic heterocycles. The van der Waals surface area contributed by atoms with Crippen molar-refractivity contribution in [1.82, 2.24) is 0 Å². The van der Waals surface area contributed by atoms with Crippen LogP contribution in [0.25, 0.3) is 0 Å². The van der Waals surface area contributed by atoms with E-state index >= 15 is 0 Å². The molecular weight excluding hydrogens is 334 g/mol. The molecule has 0 fully saturated rings. The van der Waals surface area contributed by atoms with Gasteiger partial charge in [0.1, 0.15) is 5.00 Å². The first-order chi connectivity index (χ1) is 11.2. The van der Waals surface area contributed by atoms with Gasteiger partial charge in [0.15, 0.2) is 0 Å². The van der Waals surface area contributed by atoms with E-state index in [0.717, 1.165) is 16.9 Å². The summed E-state index contributed by atoms with van der Waals surface area (Å²) in [6.45, 7) is 18.4. The number of hydrogen-bond acceptors (Lipinski definition) is 4. The van der Waals surface area contributed by atoms with Gasteiger partial charge in [0.2, 0.25) is 5.91 Å². The van der Waals surface area contributed by atoms with E-state index in [-0.39, 0.29) is 23.2 Å². The highest BCUT2D eigenvalue weighted by Crippen LogP contribution is 2.34. The molecule has 0 radical (unpaired) electrons. The molecule has 1 rings (SSSR count). The zero-order valence-electron chi connectivity index (χ0n) is 17.1. The monoisotopic (exact) mass is 367 g/mol. The van der Waals surface area contributed by atoms with E-state index < -0.39 is 5.41 Å². The Balaban J connectivity index is 2.89. The number of amides is 1. The molecule has 0 saturated carbocycles. The van der Waals surface area contributed by atoms with Crippen LogP contribution in [-0.4, -0.2) is 18.5 Å². The number of ether oxygens (including phenoxy) is 1. The van der Waals surface area contributed by atoms with E-state index in [1.807, 2.05) is 34.6 Å². The van der Waals surface area contributed by atoms with E-state index in [1.165, 1.54) is 11.3 Å². The number of rotatable bonds is 5. The number of anilines is 1. The van der Waals surface area contributed by atoms with Crippen molar-refractivity contribution in [2.24, 2.45) is 16.7 Å². The molecule has 0 spiro atoms. The summed E-state index contributed by atoms with van der Waals surface area (Å²) in [7, 11) is 0. The minimum atomic E-state index is -0.520. The molecule has 0 bridgehead atoms. The van der Waals surface area contributed by atoms with Gasteiger partial charge in [-0.3, -0.25) is 4.79 Å². The summed E-state index contributed by atoms with van der Waals surface area (Å²) in [6, 6.07) is 0. The number of carbonyl (C=O) groups is 2. The van der Waals surface area contributed by atoms with Crippen molar-refractivity contribution < 1.29 is 14.3 Å². The van der Waals surface area contributed by atoms with Crippen LogP contribution in [0.5, 0.6) is 0 Å². The normalized spacial score (nSPS) is 13.5. The van der Waals surface area contributed by atoms with Crippen molar-refractivity contribution in [1.29, 1.82) is 0 Å². The Kier molecular flexibility index (Phi) is 6.85. The number of hydrogen-bond donors (Lipinski definition) is 1. The average Bonchev–Trinajstić information content (AvgIpc) is 2.68. The molecule has 0 aromatic carbocycles. The average molecular weight is 368 g/mol. The van der Waals surface area contributed by atoms with Crippen molar-refractivity contribution in [2.45, 2.75) is 68.7 Å². The van der Waals surface area contributed by atoms with Gasteiger partial charge in [-0.25, -0.2) is 4.79 Å².